The molecule has 0 aromatic heterocycles. The van der Waals surface area contributed by atoms with Gasteiger partial charge in [0, 0.05) is 32.8 Å². The topological polar surface area (TPSA) is 41.9 Å². The lowest BCUT2D eigenvalue weighted by Crippen LogP contribution is -2.42. The lowest BCUT2D eigenvalue weighted by molar-refractivity contribution is 0.00361. The highest BCUT2D eigenvalue weighted by Crippen LogP contribution is 2.05. The highest BCUT2D eigenvalue weighted by molar-refractivity contribution is 4.70. The Balaban J connectivity index is 3.89. The van der Waals surface area contributed by atoms with Gasteiger partial charge in [-0.2, -0.15) is 0 Å². The average Bonchev–Trinajstić information content (AvgIpc) is 2.38. The molecule has 0 saturated carbocycles. The van der Waals surface area contributed by atoms with Gasteiger partial charge < -0.3 is 14.6 Å². The van der Waals surface area contributed by atoms with Crippen LogP contribution < -0.4 is 0 Å². The lowest BCUT2D eigenvalue weighted by Gasteiger charge is -2.30. The van der Waals surface area contributed by atoms with Crippen LogP contribution in [0, 0.1) is 0 Å². The monoisotopic (exact) mass is 261 g/mol. The molecule has 18 heavy (non-hydrogen) atoms. The predicted octanol–water partition coefficient (Wildman–Crippen LogP) is 1.91. The molecular formula is C14H31NO3. The lowest BCUT2D eigenvalue weighted by atomic mass is 10.2. The van der Waals surface area contributed by atoms with Crippen molar-refractivity contribution in [2.24, 2.45) is 0 Å². The van der Waals surface area contributed by atoms with Gasteiger partial charge in [0.25, 0.3) is 0 Å². The van der Waals surface area contributed by atoms with Crippen LogP contribution in [0.15, 0.2) is 0 Å². The number of methoxy groups -OCH3 is 1. The summed E-state index contributed by atoms with van der Waals surface area (Å²) < 4.78 is 10.6. The van der Waals surface area contributed by atoms with E-state index in [1.54, 1.807) is 7.11 Å². The largest absolute Gasteiger partial charge is 0.389 e. The summed E-state index contributed by atoms with van der Waals surface area (Å²) in [5, 5.41) is 9.96. The van der Waals surface area contributed by atoms with Gasteiger partial charge in [0.1, 0.15) is 0 Å². The van der Waals surface area contributed by atoms with Crippen LogP contribution >= 0.6 is 0 Å². The van der Waals surface area contributed by atoms with Crippen LogP contribution in [0.2, 0.25) is 0 Å². The number of ether oxygens (including phenoxy) is 2. The van der Waals surface area contributed by atoms with Gasteiger partial charge in [-0.05, 0) is 19.8 Å². The zero-order valence-corrected chi connectivity index (χ0v) is 12.5. The summed E-state index contributed by atoms with van der Waals surface area (Å²) >= 11 is 0. The molecule has 4 nitrogen and oxygen atoms in total. The van der Waals surface area contributed by atoms with Crippen LogP contribution in [0.5, 0.6) is 0 Å². The number of aliphatic hydroxyl groups excluding tert-OH is 1. The molecule has 0 bridgehead atoms. The molecule has 4 heteroatoms. The molecule has 0 amide bonds. The normalized spacial score (nSPS) is 15.0. The van der Waals surface area contributed by atoms with Crippen molar-refractivity contribution in [2.45, 2.75) is 52.2 Å². The van der Waals surface area contributed by atoms with E-state index in [9.17, 15) is 5.11 Å². The van der Waals surface area contributed by atoms with Crippen molar-refractivity contribution in [2.75, 3.05) is 40.0 Å². The second-order valence-corrected chi connectivity index (χ2v) is 4.83. The minimum absolute atomic E-state index is 0.410. The Morgan fingerprint density at radius 1 is 1.22 bits per heavy atom. The van der Waals surface area contributed by atoms with Crippen LogP contribution in [0.3, 0.4) is 0 Å². The molecule has 2 unspecified atom stereocenters. The van der Waals surface area contributed by atoms with Crippen molar-refractivity contribution in [1.82, 2.24) is 4.90 Å². The minimum atomic E-state index is -0.410. The molecule has 0 spiro atoms. The molecule has 0 aromatic carbocycles. The zero-order valence-electron chi connectivity index (χ0n) is 12.5. The molecule has 0 aliphatic heterocycles. The van der Waals surface area contributed by atoms with Gasteiger partial charge >= 0.3 is 0 Å². The molecule has 0 rings (SSSR count). The van der Waals surface area contributed by atoms with E-state index in [-0.39, 0.29) is 0 Å². The van der Waals surface area contributed by atoms with Gasteiger partial charge in [0.05, 0.1) is 19.3 Å². The van der Waals surface area contributed by atoms with E-state index in [2.05, 4.69) is 25.7 Å². The Hall–Kier alpha value is -0.160. The number of hydrogen-bond donors (Lipinski definition) is 1. The Kier molecular flexibility index (Phi) is 11.8. The maximum absolute atomic E-state index is 9.96. The molecular weight excluding hydrogens is 230 g/mol. The van der Waals surface area contributed by atoms with Gasteiger partial charge in [0.2, 0.25) is 0 Å². The average molecular weight is 261 g/mol. The third kappa shape index (κ3) is 8.86. The fourth-order valence-electron chi connectivity index (χ4n) is 1.75. The van der Waals surface area contributed by atoms with E-state index in [1.807, 2.05) is 0 Å². The van der Waals surface area contributed by atoms with Crippen LogP contribution in [-0.4, -0.2) is 62.2 Å². The molecule has 110 valence electrons. The fourth-order valence-corrected chi connectivity index (χ4v) is 1.75. The Labute approximate surface area is 112 Å². The van der Waals surface area contributed by atoms with Crippen molar-refractivity contribution in [1.29, 1.82) is 0 Å². The van der Waals surface area contributed by atoms with Crippen molar-refractivity contribution < 1.29 is 14.6 Å². The van der Waals surface area contributed by atoms with Gasteiger partial charge in [-0.3, -0.25) is 4.90 Å². The fraction of sp³-hybridized carbons (Fsp3) is 1.00. The summed E-state index contributed by atoms with van der Waals surface area (Å²) in [7, 11) is 1.71. The van der Waals surface area contributed by atoms with Crippen LogP contribution in [-0.2, 0) is 9.47 Å². The first-order chi connectivity index (χ1) is 8.65. The maximum Gasteiger partial charge on any atom is 0.0900 e. The Bertz CT molecular complexity index is 178. The molecule has 0 radical (unpaired) electrons. The molecule has 0 heterocycles. The summed E-state index contributed by atoms with van der Waals surface area (Å²) in [5.74, 6) is 0. The first kappa shape index (κ1) is 17.8. The Morgan fingerprint density at radius 2 is 1.94 bits per heavy atom. The highest BCUT2D eigenvalue weighted by Gasteiger charge is 2.16. The molecule has 0 aliphatic carbocycles. The van der Waals surface area contributed by atoms with E-state index in [0.29, 0.717) is 25.8 Å². The summed E-state index contributed by atoms with van der Waals surface area (Å²) in [6, 6.07) is 0.463. The van der Waals surface area contributed by atoms with Gasteiger partial charge in [0.15, 0.2) is 0 Å². The number of rotatable bonds is 12. The van der Waals surface area contributed by atoms with E-state index < -0.39 is 6.10 Å². The van der Waals surface area contributed by atoms with Crippen molar-refractivity contribution in [3.05, 3.63) is 0 Å². The van der Waals surface area contributed by atoms with Gasteiger partial charge in [-0.15, -0.1) is 0 Å². The first-order valence-electron chi connectivity index (χ1n) is 7.14. The van der Waals surface area contributed by atoms with Crippen molar-refractivity contribution >= 4 is 0 Å². The summed E-state index contributed by atoms with van der Waals surface area (Å²) in [6.07, 6.45) is 2.86. The quantitative estimate of drug-likeness (QED) is 0.545. The smallest absolute Gasteiger partial charge is 0.0900 e. The number of hydrogen-bond acceptors (Lipinski definition) is 4. The van der Waals surface area contributed by atoms with Crippen LogP contribution in [0.25, 0.3) is 0 Å². The third-order valence-corrected chi connectivity index (χ3v) is 3.19. The van der Waals surface area contributed by atoms with Crippen LogP contribution in [0.4, 0.5) is 0 Å². The highest BCUT2D eigenvalue weighted by atomic mass is 16.5. The molecule has 2 atom stereocenters. The molecule has 0 saturated heterocycles. The molecule has 0 aromatic rings. The maximum atomic E-state index is 9.96. The second-order valence-electron chi connectivity index (χ2n) is 4.83. The minimum Gasteiger partial charge on any atom is -0.389 e. The molecule has 1 N–H and O–H groups in total. The third-order valence-electron chi connectivity index (χ3n) is 3.19. The standard InChI is InChI=1S/C14H31NO3/c1-5-7-9-18-12-14(16)11-15(8-10-17-4)13(3)6-2/h13-14,16H,5-12H2,1-4H3. The number of aliphatic hydroxyl groups is 1. The SMILES string of the molecule is CCCCOCC(O)CN(CCOC)C(C)CC. The van der Waals surface area contributed by atoms with E-state index in [4.69, 9.17) is 9.47 Å². The van der Waals surface area contributed by atoms with Crippen molar-refractivity contribution in [3.8, 4) is 0 Å². The van der Waals surface area contributed by atoms with Gasteiger partial charge in [-0.25, -0.2) is 0 Å². The summed E-state index contributed by atoms with van der Waals surface area (Å²) in [4.78, 5) is 2.26. The summed E-state index contributed by atoms with van der Waals surface area (Å²) in [5.41, 5.74) is 0. The summed E-state index contributed by atoms with van der Waals surface area (Å²) in [6.45, 7) is 9.87. The zero-order chi connectivity index (χ0) is 13.8. The van der Waals surface area contributed by atoms with E-state index in [0.717, 1.165) is 32.4 Å². The Morgan fingerprint density at radius 3 is 2.50 bits per heavy atom. The predicted molar refractivity (Wildman–Crippen MR) is 74.9 cm³/mol. The number of unbranched alkanes of at least 4 members (excludes halogenated alkanes) is 1. The molecule has 0 aliphatic rings. The van der Waals surface area contributed by atoms with E-state index >= 15 is 0 Å². The van der Waals surface area contributed by atoms with Gasteiger partial charge in [-0.1, -0.05) is 20.3 Å². The molecule has 0 fully saturated rings. The first-order valence-corrected chi connectivity index (χ1v) is 7.14. The van der Waals surface area contributed by atoms with Crippen LogP contribution in [0.1, 0.15) is 40.0 Å². The van der Waals surface area contributed by atoms with E-state index in [1.165, 1.54) is 0 Å². The number of nitrogens with zero attached hydrogens (tertiary/aromatic N) is 1. The second kappa shape index (κ2) is 11.9. The van der Waals surface area contributed by atoms with Crippen molar-refractivity contribution in [3.63, 3.8) is 0 Å².